The molecule has 0 atom stereocenters. The van der Waals surface area contributed by atoms with E-state index in [4.69, 9.17) is 4.42 Å². The van der Waals surface area contributed by atoms with Crippen molar-refractivity contribution in [1.29, 1.82) is 0 Å². The van der Waals surface area contributed by atoms with Crippen molar-refractivity contribution >= 4 is 5.78 Å². The minimum absolute atomic E-state index is 0.130. The lowest BCUT2D eigenvalue weighted by molar-refractivity contribution is 0.0834. The summed E-state index contributed by atoms with van der Waals surface area (Å²) in [6, 6.07) is 19.6. The second-order valence-electron chi connectivity index (χ2n) is 6.79. The molecule has 0 bridgehead atoms. The summed E-state index contributed by atoms with van der Waals surface area (Å²) in [5, 5.41) is 0. The Morgan fingerprint density at radius 3 is 2.35 bits per heavy atom. The third-order valence-corrected chi connectivity index (χ3v) is 4.97. The summed E-state index contributed by atoms with van der Waals surface area (Å²) < 4.78 is 5.62. The van der Waals surface area contributed by atoms with E-state index < -0.39 is 0 Å². The standard InChI is InChI=1S/C22H22N2O2/c25-21(17-7-3-1-4-8-17)18-11-13-24(14-12-18)15-20-16-26-22(23-20)19-9-5-2-6-10-19/h1-10,16,18H,11-15H2. The highest BCUT2D eigenvalue weighted by Gasteiger charge is 2.26. The Labute approximate surface area is 153 Å². The third kappa shape index (κ3) is 3.75. The molecule has 4 nitrogen and oxygen atoms in total. The molecule has 2 heterocycles. The van der Waals surface area contributed by atoms with Gasteiger partial charge in [-0.15, -0.1) is 0 Å². The molecule has 1 aromatic heterocycles. The molecule has 3 aromatic rings. The summed E-state index contributed by atoms with van der Waals surface area (Å²) in [7, 11) is 0. The number of carbonyl (C=O) groups is 1. The highest BCUT2D eigenvalue weighted by molar-refractivity contribution is 5.97. The Morgan fingerprint density at radius 2 is 1.65 bits per heavy atom. The Hall–Kier alpha value is -2.72. The first kappa shape index (κ1) is 16.7. The SMILES string of the molecule is O=C(c1ccccc1)C1CCN(Cc2coc(-c3ccccc3)n2)CC1. The number of likely N-dealkylation sites (tertiary alicyclic amines) is 1. The molecule has 2 aromatic carbocycles. The smallest absolute Gasteiger partial charge is 0.226 e. The number of Topliss-reactive ketones (excluding diaryl/α,β-unsaturated/α-hetero) is 1. The van der Waals surface area contributed by atoms with E-state index in [1.807, 2.05) is 60.7 Å². The average molecular weight is 346 g/mol. The van der Waals surface area contributed by atoms with Gasteiger partial charge in [0, 0.05) is 23.6 Å². The van der Waals surface area contributed by atoms with E-state index in [0.29, 0.717) is 5.89 Å². The molecule has 4 rings (SSSR count). The van der Waals surface area contributed by atoms with Crippen LogP contribution in [0, 0.1) is 5.92 Å². The number of piperidine rings is 1. The fourth-order valence-corrected chi connectivity index (χ4v) is 3.51. The van der Waals surface area contributed by atoms with Gasteiger partial charge in [0.05, 0.1) is 5.69 Å². The molecule has 132 valence electrons. The zero-order valence-corrected chi connectivity index (χ0v) is 14.7. The van der Waals surface area contributed by atoms with E-state index >= 15 is 0 Å². The molecule has 1 aliphatic rings. The van der Waals surface area contributed by atoms with Crippen LogP contribution in [0.1, 0.15) is 28.9 Å². The number of benzene rings is 2. The predicted octanol–water partition coefficient (Wildman–Crippen LogP) is 4.44. The summed E-state index contributed by atoms with van der Waals surface area (Å²) in [5.41, 5.74) is 2.76. The predicted molar refractivity (Wildman–Crippen MR) is 101 cm³/mol. The molecule has 0 spiro atoms. The van der Waals surface area contributed by atoms with Crippen molar-refractivity contribution in [2.75, 3.05) is 13.1 Å². The topological polar surface area (TPSA) is 46.3 Å². The van der Waals surface area contributed by atoms with Gasteiger partial charge in [0.1, 0.15) is 6.26 Å². The Morgan fingerprint density at radius 1 is 1.00 bits per heavy atom. The van der Waals surface area contributed by atoms with Crippen molar-refractivity contribution < 1.29 is 9.21 Å². The van der Waals surface area contributed by atoms with Crippen LogP contribution in [-0.4, -0.2) is 28.8 Å². The number of carbonyl (C=O) groups excluding carboxylic acids is 1. The first-order valence-corrected chi connectivity index (χ1v) is 9.11. The van der Waals surface area contributed by atoms with Crippen LogP contribution >= 0.6 is 0 Å². The second-order valence-corrected chi connectivity index (χ2v) is 6.79. The lowest BCUT2D eigenvalue weighted by atomic mass is 9.89. The van der Waals surface area contributed by atoms with Crippen LogP contribution in [0.3, 0.4) is 0 Å². The van der Waals surface area contributed by atoms with Gasteiger partial charge < -0.3 is 4.42 Å². The largest absolute Gasteiger partial charge is 0.444 e. The molecule has 1 fully saturated rings. The van der Waals surface area contributed by atoms with E-state index in [1.54, 1.807) is 6.26 Å². The summed E-state index contributed by atoms with van der Waals surface area (Å²) in [6.07, 6.45) is 3.54. The normalized spacial score (nSPS) is 15.8. The van der Waals surface area contributed by atoms with Crippen molar-refractivity contribution in [2.24, 2.45) is 5.92 Å². The van der Waals surface area contributed by atoms with Crippen molar-refractivity contribution in [3.8, 4) is 11.5 Å². The van der Waals surface area contributed by atoms with Gasteiger partial charge in [-0.05, 0) is 38.1 Å². The van der Waals surface area contributed by atoms with Gasteiger partial charge in [-0.1, -0.05) is 48.5 Å². The van der Waals surface area contributed by atoms with E-state index in [9.17, 15) is 4.79 Å². The van der Waals surface area contributed by atoms with Crippen LogP contribution in [-0.2, 0) is 6.54 Å². The maximum Gasteiger partial charge on any atom is 0.226 e. The van der Waals surface area contributed by atoms with Gasteiger partial charge in [-0.2, -0.15) is 0 Å². The summed E-state index contributed by atoms with van der Waals surface area (Å²) in [4.78, 5) is 19.5. The van der Waals surface area contributed by atoms with Gasteiger partial charge in [0.25, 0.3) is 0 Å². The lowest BCUT2D eigenvalue weighted by Crippen LogP contribution is -2.36. The second kappa shape index (κ2) is 7.67. The first-order valence-electron chi connectivity index (χ1n) is 9.11. The zero-order valence-electron chi connectivity index (χ0n) is 14.7. The highest BCUT2D eigenvalue weighted by Crippen LogP contribution is 2.24. The fraction of sp³-hybridized carbons (Fsp3) is 0.273. The zero-order chi connectivity index (χ0) is 17.8. The molecule has 0 N–H and O–H groups in total. The van der Waals surface area contributed by atoms with Crippen LogP contribution in [0.4, 0.5) is 0 Å². The summed E-state index contributed by atoms with van der Waals surface area (Å²) in [6.45, 7) is 2.59. The lowest BCUT2D eigenvalue weighted by Gasteiger charge is -2.30. The number of oxazole rings is 1. The van der Waals surface area contributed by atoms with Gasteiger partial charge in [-0.3, -0.25) is 9.69 Å². The number of hydrogen-bond donors (Lipinski definition) is 0. The van der Waals surface area contributed by atoms with Crippen LogP contribution in [0.5, 0.6) is 0 Å². The van der Waals surface area contributed by atoms with Gasteiger partial charge in [0.15, 0.2) is 5.78 Å². The Balaban J connectivity index is 1.33. The van der Waals surface area contributed by atoms with E-state index in [-0.39, 0.29) is 11.7 Å². The van der Waals surface area contributed by atoms with Crippen molar-refractivity contribution in [1.82, 2.24) is 9.88 Å². The molecule has 0 amide bonds. The van der Waals surface area contributed by atoms with Crippen LogP contribution in [0.15, 0.2) is 71.3 Å². The molecular weight excluding hydrogens is 324 g/mol. The number of aromatic nitrogens is 1. The van der Waals surface area contributed by atoms with E-state index in [0.717, 1.165) is 49.3 Å². The molecule has 0 unspecified atom stereocenters. The molecule has 0 saturated carbocycles. The fourth-order valence-electron chi connectivity index (χ4n) is 3.51. The van der Waals surface area contributed by atoms with Crippen molar-refractivity contribution in [2.45, 2.75) is 19.4 Å². The van der Waals surface area contributed by atoms with Crippen LogP contribution in [0.25, 0.3) is 11.5 Å². The van der Waals surface area contributed by atoms with E-state index in [2.05, 4.69) is 9.88 Å². The number of hydrogen-bond acceptors (Lipinski definition) is 4. The molecule has 0 aliphatic carbocycles. The average Bonchev–Trinajstić information content (AvgIpc) is 3.18. The summed E-state index contributed by atoms with van der Waals surface area (Å²) >= 11 is 0. The quantitative estimate of drug-likeness (QED) is 0.641. The molecule has 1 aliphatic heterocycles. The van der Waals surface area contributed by atoms with Crippen LogP contribution < -0.4 is 0 Å². The molecular formula is C22H22N2O2. The Bertz CT molecular complexity index is 850. The molecule has 0 radical (unpaired) electrons. The highest BCUT2D eigenvalue weighted by atomic mass is 16.3. The minimum atomic E-state index is 0.130. The van der Waals surface area contributed by atoms with Gasteiger partial charge >= 0.3 is 0 Å². The van der Waals surface area contributed by atoms with E-state index in [1.165, 1.54) is 0 Å². The maximum atomic E-state index is 12.6. The van der Waals surface area contributed by atoms with Crippen molar-refractivity contribution in [3.63, 3.8) is 0 Å². The number of ketones is 1. The third-order valence-electron chi connectivity index (χ3n) is 4.97. The number of nitrogens with zero attached hydrogens (tertiary/aromatic N) is 2. The molecule has 4 heteroatoms. The Kier molecular flexibility index (Phi) is 4.93. The first-order chi connectivity index (χ1) is 12.8. The molecule has 26 heavy (non-hydrogen) atoms. The van der Waals surface area contributed by atoms with Crippen molar-refractivity contribution in [3.05, 3.63) is 78.2 Å². The monoisotopic (exact) mass is 346 g/mol. The maximum absolute atomic E-state index is 12.6. The van der Waals surface area contributed by atoms with Gasteiger partial charge in [-0.25, -0.2) is 4.98 Å². The molecule has 1 saturated heterocycles. The van der Waals surface area contributed by atoms with Gasteiger partial charge in [0.2, 0.25) is 5.89 Å². The minimum Gasteiger partial charge on any atom is -0.444 e. The summed E-state index contributed by atoms with van der Waals surface area (Å²) in [5.74, 6) is 1.07. The van der Waals surface area contributed by atoms with Crippen LogP contribution in [0.2, 0.25) is 0 Å². The number of rotatable bonds is 5.